The van der Waals surface area contributed by atoms with E-state index in [0.717, 1.165) is 23.3 Å². The molecule has 2 rings (SSSR count). The van der Waals surface area contributed by atoms with E-state index in [0.29, 0.717) is 13.1 Å². The Kier molecular flexibility index (Phi) is 4.39. The lowest BCUT2D eigenvalue weighted by Crippen LogP contribution is -2.16. The summed E-state index contributed by atoms with van der Waals surface area (Å²) >= 11 is 0. The van der Waals surface area contributed by atoms with Gasteiger partial charge in [-0.3, -0.25) is 4.79 Å². The van der Waals surface area contributed by atoms with Crippen molar-refractivity contribution in [3.8, 4) is 0 Å². The van der Waals surface area contributed by atoms with Gasteiger partial charge in [-0.15, -0.1) is 0 Å². The van der Waals surface area contributed by atoms with Crippen LogP contribution in [0.15, 0.2) is 18.2 Å². The molecule has 1 heterocycles. The van der Waals surface area contributed by atoms with Crippen molar-refractivity contribution in [3.63, 3.8) is 0 Å². The summed E-state index contributed by atoms with van der Waals surface area (Å²) < 4.78 is 2.02. The smallest absolute Gasteiger partial charge is 0.305 e. The van der Waals surface area contributed by atoms with Crippen LogP contribution in [-0.2, 0) is 24.3 Å². The van der Waals surface area contributed by atoms with Gasteiger partial charge in [-0.25, -0.2) is 4.98 Å². The predicted octanol–water partition coefficient (Wildman–Crippen LogP) is 2.13. The van der Waals surface area contributed by atoms with Gasteiger partial charge >= 0.3 is 5.97 Å². The third-order valence-electron chi connectivity index (χ3n) is 3.31. The SMILES string of the molecule is CCc1ccc2c(c1)nc(CN(C)C)n2CCC(=O)O. The molecule has 20 heavy (non-hydrogen) atoms. The molecule has 1 N–H and O–H groups in total. The van der Waals surface area contributed by atoms with Crippen LogP contribution in [0, 0.1) is 0 Å². The Morgan fingerprint density at radius 2 is 2.15 bits per heavy atom. The first kappa shape index (κ1) is 14.5. The molecule has 5 nitrogen and oxygen atoms in total. The number of aliphatic carboxylic acids is 1. The third kappa shape index (κ3) is 3.17. The van der Waals surface area contributed by atoms with Gasteiger partial charge in [0.2, 0.25) is 0 Å². The van der Waals surface area contributed by atoms with Crippen LogP contribution in [0.2, 0.25) is 0 Å². The number of hydrogen-bond donors (Lipinski definition) is 1. The molecule has 0 bridgehead atoms. The zero-order valence-electron chi connectivity index (χ0n) is 12.3. The molecule has 5 heteroatoms. The van der Waals surface area contributed by atoms with Crippen molar-refractivity contribution < 1.29 is 9.90 Å². The molecule has 0 amide bonds. The first-order valence-electron chi connectivity index (χ1n) is 6.85. The lowest BCUT2D eigenvalue weighted by molar-refractivity contribution is -0.137. The molecule has 0 saturated heterocycles. The second-order valence-corrected chi connectivity index (χ2v) is 5.24. The van der Waals surface area contributed by atoms with Crippen LogP contribution in [-0.4, -0.2) is 39.6 Å². The second-order valence-electron chi connectivity index (χ2n) is 5.24. The molecule has 0 fully saturated rings. The number of benzene rings is 1. The van der Waals surface area contributed by atoms with Gasteiger partial charge in [-0.1, -0.05) is 13.0 Å². The van der Waals surface area contributed by atoms with Crippen molar-refractivity contribution >= 4 is 17.0 Å². The normalized spacial score (nSPS) is 11.4. The Hall–Kier alpha value is -1.88. The molecular formula is C15H21N3O2. The summed E-state index contributed by atoms with van der Waals surface area (Å²) in [6.45, 7) is 3.28. The van der Waals surface area contributed by atoms with E-state index < -0.39 is 5.97 Å². The van der Waals surface area contributed by atoms with Crippen molar-refractivity contribution in [1.29, 1.82) is 0 Å². The molecule has 0 unspecified atom stereocenters. The molecule has 0 aliphatic carbocycles. The highest BCUT2D eigenvalue weighted by atomic mass is 16.4. The Morgan fingerprint density at radius 1 is 1.40 bits per heavy atom. The van der Waals surface area contributed by atoms with Gasteiger partial charge in [0.25, 0.3) is 0 Å². The Balaban J connectivity index is 2.45. The molecule has 0 atom stereocenters. The summed E-state index contributed by atoms with van der Waals surface area (Å²) in [4.78, 5) is 17.5. The van der Waals surface area contributed by atoms with Gasteiger partial charge in [-0.05, 0) is 38.2 Å². The highest BCUT2D eigenvalue weighted by molar-refractivity contribution is 5.77. The largest absolute Gasteiger partial charge is 0.481 e. The number of carboxylic acids is 1. The van der Waals surface area contributed by atoms with E-state index in [1.54, 1.807) is 0 Å². The van der Waals surface area contributed by atoms with E-state index in [9.17, 15) is 4.79 Å². The molecule has 0 spiro atoms. The van der Waals surface area contributed by atoms with Gasteiger partial charge in [-0.2, -0.15) is 0 Å². The van der Waals surface area contributed by atoms with Gasteiger partial charge in [0.15, 0.2) is 0 Å². The van der Waals surface area contributed by atoms with E-state index in [1.165, 1.54) is 5.56 Å². The predicted molar refractivity (Wildman–Crippen MR) is 78.8 cm³/mol. The molecule has 0 radical (unpaired) electrons. The topological polar surface area (TPSA) is 58.4 Å². The van der Waals surface area contributed by atoms with Gasteiger partial charge in [0, 0.05) is 6.54 Å². The Labute approximate surface area is 118 Å². The van der Waals surface area contributed by atoms with Crippen LogP contribution in [0.1, 0.15) is 24.7 Å². The fourth-order valence-electron chi connectivity index (χ4n) is 2.31. The lowest BCUT2D eigenvalue weighted by atomic mass is 10.1. The van der Waals surface area contributed by atoms with Crippen molar-refractivity contribution in [1.82, 2.24) is 14.5 Å². The maximum absolute atomic E-state index is 10.8. The van der Waals surface area contributed by atoms with Gasteiger partial charge in [0.05, 0.1) is 24.0 Å². The number of hydrogen-bond acceptors (Lipinski definition) is 3. The maximum Gasteiger partial charge on any atom is 0.305 e. The van der Waals surface area contributed by atoms with Crippen LogP contribution < -0.4 is 0 Å². The average Bonchev–Trinajstić information content (AvgIpc) is 2.71. The summed E-state index contributed by atoms with van der Waals surface area (Å²) in [6.07, 6.45) is 1.09. The zero-order valence-corrected chi connectivity index (χ0v) is 12.3. The number of aromatic nitrogens is 2. The molecule has 1 aromatic heterocycles. The molecule has 0 aliphatic heterocycles. The maximum atomic E-state index is 10.8. The molecule has 2 aromatic rings. The van der Waals surface area contributed by atoms with E-state index in [-0.39, 0.29) is 6.42 Å². The van der Waals surface area contributed by atoms with Crippen LogP contribution in [0.5, 0.6) is 0 Å². The highest BCUT2D eigenvalue weighted by Crippen LogP contribution is 2.19. The first-order chi connectivity index (χ1) is 9.51. The van der Waals surface area contributed by atoms with Crippen LogP contribution in [0.3, 0.4) is 0 Å². The minimum atomic E-state index is -0.784. The monoisotopic (exact) mass is 275 g/mol. The molecule has 0 saturated carbocycles. The summed E-state index contributed by atoms with van der Waals surface area (Å²) in [5.74, 6) is 0.132. The summed E-state index contributed by atoms with van der Waals surface area (Å²) in [7, 11) is 3.97. The number of aryl methyl sites for hydroxylation is 2. The van der Waals surface area contributed by atoms with Crippen molar-refractivity contribution in [2.75, 3.05) is 14.1 Å². The lowest BCUT2D eigenvalue weighted by Gasteiger charge is -2.12. The fraction of sp³-hybridized carbons (Fsp3) is 0.467. The quantitative estimate of drug-likeness (QED) is 0.877. The van der Waals surface area contributed by atoms with Crippen molar-refractivity contribution in [2.24, 2.45) is 0 Å². The zero-order chi connectivity index (χ0) is 14.7. The van der Waals surface area contributed by atoms with E-state index in [1.807, 2.05) is 29.6 Å². The third-order valence-corrected chi connectivity index (χ3v) is 3.31. The number of nitrogens with zero attached hydrogens (tertiary/aromatic N) is 3. The number of rotatable bonds is 6. The van der Waals surface area contributed by atoms with Crippen LogP contribution in [0.25, 0.3) is 11.0 Å². The standard InChI is InChI=1S/C15H21N3O2/c1-4-11-5-6-13-12(9-11)16-14(10-17(2)3)18(13)8-7-15(19)20/h5-6,9H,4,7-8,10H2,1-3H3,(H,19,20). The summed E-state index contributed by atoms with van der Waals surface area (Å²) in [5.41, 5.74) is 3.21. The van der Waals surface area contributed by atoms with Crippen LogP contribution in [0.4, 0.5) is 0 Å². The number of carbonyl (C=O) groups is 1. The summed E-state index contributed by atoms with van der Waals surface area (Å²) in [5, 5.41) is 8.90. The Morgan fingerprint density at radius 3 is 2.75 bits per heavy atom. The number of fused-ring (bicyclic) bond motifs is 1. The second kappa shape index (κ2) is 6.05. The number of imidazole rings is 1. The number of carboxylic acid groups (broad SMARTS) is 1. The molecular weight excluding hydrogens is 254 g/mol. The first-order valence-corrected chi connectivity index (χ1v) is 6.85. The summed E-state index contributed by atoms with van der Waals surface area (Å²) in [6, 6.07) is 6.22. The van der Waals surface area contributed by atoms with Crippen molar-refractivity contribution in [2.45, 2.75) is 32.9 Å². The van der Waals surface area contributed by atoms with Crippen LogP contribution >= 0.6 is 0 Å². The Bertz CT molecular complexity index is 617. The minimum absolute atomic E-state index is 0.113. The fourth-order valence-corrected chi connectivity index (χ4v) is 2.31. The van der Waals surface area contributed by atoms with Gasteiger partial charge in [0.1, 0.15) is 5.82 Å². The average molecular weight is 275 g/mol. The van der Waals surface area contributed by atoms with Crippen molar-refractivity contribution in [3.05, 3.63) is 29.6 Å². The molecule has 108 valence electrons. The van der Waals surface area contributed by atoms with E-state index >= 15 is 0 Å². The van der Waals surface area contributed by atoms with E-state index in [4.69, 9.17) is 5.11 Å². The highest BCUT2D eigenvalue weighted by Gasteiger charge is 2.12. The molecule has 0 aliphatic rings. The van der Waals surface area contributed by atoms with E-state index in [2.05, 4.69) is 24.0 Å². The molecule has 1 aromatic carbocycles. The van der Waals surface area contributed by atoms with Gasteiger partial charge < -0.3 is 14.6 Å². The minimum Gasteiger partial charge on any atom is -0.481 e.